The fourth-order valence-electron chi connectivity index (χ4n) is 5.76. The minimum atomic E-state index is -0.650. The molecule has 2 aliphatic rings. The molecule has 3 atom stereocenters. The number of anilines is 2. The van der Waals surface area contributed by atoms with E-state index in [-0.39, 0.29) is 35.3 Å². The van der Waals surface area contributed by atoms with Crippen LogP contribution in [0, 0.1) is 10.1 Å². The number of hydrogen-bond acceptors (Lipinski definition) is 9. The van der Waals surface area contributed by atoms with Crippen LogP contribution in [0.5, 0.6) is 0 Å². The molecule has 4 aromatic rings. The Morgan fingerprint density at radius 2 is 1.73 bits per heavy atom. The minimum absolute atomic E-state index is 0.0242. The van der Waals surface area contributed by atoms with Gasteiger partial charge in [-0.3, -0.25) is 24.8 Å². The number of pyridine rings is 1. The first-order chi connectivity index (χ1) is 21.9. The molecule has 0 unspecified atom stereocenters. The average Bonchev–Trinajstić information content (AvgIpc) is 3.09. The van der Waals surface area contributed by atoms with Gasteiger partial charge in [0.05, 0.1) is 29.3 Å². The van der Waals surface area contributed by atoms with Crippen LogP contribution in [0.15, 0.2) is 97.3 Å². The summed E-state index contributed by atoms with van der Waals surface area (Å²) in [7, 11) is 0. The molecule has 6 rings (SSSR count). The number of rotatable bonds is 9. The summed E-state index contributed by atoms with van der Waals surface area (Å²) in [6.07, 6.45) is 2.81. The molecule has 1 amide bonds. The number of nitrogens with zero attached hydrogens (tertiary/aromatic N) is 4. The Morgan fingerprint density at radius 3 is 2.42 bits per heavy atom. The van der Waals surface area contributed by atoms with Gasteiger partial charge in [-0.2, -0.15) is 0 Å². The molecule has 232 valence electrons. The molecular formula is C34H35N5O6. The van der Waals surface area contributed by atoms with E-state index in [1.54, 1.807) is 42.6 Å². The van der Waals surface area contributed by atoms with Crippen LogP contribution in [-0.2, 0) is 16.1 Å². The van der Waals surface area contributed by atoms with Crippen LogP contribution >= 0.6 is 0 Å². The van der Waals surface area contributed by atoms with Gasteiger partial charge in [-0.1, -0.05) is 36.4 Å². The third-order valence-corrected chi connectivity index (χ3v) is 8.22. The summed E-state index contributed by atoms with van der Waals surface area (Å²) < 4.78 is 13.1. The van der Waals surface area contributed by atoms with Crippen molar-refractivity contribution < 1.29 is 24.3 Å². The highest BCUT2D eigenvalue weighted by atomic mass is 16.7. The van der Waals surface area contributed by atoms with Crippen molar-refractivity contribution in [3.63, 3.8) is 0 Å². The van der Waals surface area contributed by atoms with E-state index in [9.17, 15) is 20.0 Å². The molecule has 11 heteroatoms. The predicted octanol–water partition coefficient (Wildman–Crippen LogP) is 5.10. The fourth-order valence-corrected chi connectivity index (χ4v) is 5.76. The maximum atomic E-state index is 12.8. The molecule has 45 heavy (non-hydrogen) atoms. The molecule has 2 saturated heterocycles. The lowest BCUT2D eigenvalue weighted by Crippen LogP contribution is -2.49. The van der Waals surface area contributed by atoms with Crippen molar-refractivity contribution in [2.45, 2.75) is 31.5 Å². The molecule has 2 N–H and O–H groups in total. The molecule has 0 bridgehead atoms. The summed E-state index contributed by atoms with van der Waals surface area (Å²) in [5, 5.41) is 23.5. The number of nitrogens with one attached hydrogen (secondary N) is 1. The van der Waals surface area contributed by atoms with Crippen molar-refractivity contribution in [3.8, 4) is 0 Å². The summed E-state index contributed by atoms with van der Waals surface area (Å²) in [6.45, 7) is 3.95. The number of aliphatic hydroxyl groups is 1. The van der Waals surface area contributed by atoms with Crippen LogP contribution in [0.25, 0.3) is 0 Å². The van der Waals surface area contributed by atoms with Crippen LogP contribution in [0.1, 0.15) is 45.9 Å². The van der Waals surface area contributed by atoms with Gasteiger partial charge in [0.1, 0.15) is 0 Å². The molecular weight excluding hydrogens is 574 g/mol. The first kappa shape index (κ1) is 30.4. The van der Waals surface area contributed by atoms with Gasteiger partial charge in [0, 0.05) is 80.6 Å². The Morgan fingerprint density at radius 1 is 0.956 bits per heavy atom. The van der Waals surface area contributed by atoms with Gasteiger partial charge in [-0.05, 0) is 47.5 Å². The normalized spacial score (nSPS) is 20.5. The molecule has 3 heterocycles. The molecule has 0 aliphatic carbocycles. The molecule has 11 nitrogen and oxygen atoms in total. The van der Waals surface area contributed by atoms with Gasteiger partial charge in [0.2, 0.25) is 0 Å². The summed E-state index contributed by atoms with van der Waals surface area (Å²) >= 11 is 0. The number of aromatic nitrogens is 1. The number of nitro benzene ring substituents is 1. The number of benzene rings is 3. The van der Waals surface area contributed by atoms with Crippen molar-refractivity contribution in [3.05, 3.63) is 130 Å². The van der Waals surface area contributed by atoms with Gasteiger partial charge in [0.15, 0.2) is 6.29 Å². The first-order valence-corrected chi connectivity index (χ1v) is 15.0. The molecule has 0 saturated carbocycles. The van der Waals surface area contributed by atoms with Crippen molar-refractivity contribution in [2.24, 2.45) is 0 Å². The van der Waals surface area contributed by atoms with Crippen LogP contribution < -0.4 is 10.2 Å². The number of hydrogen-bond donors (Lipinski definition) is 2. The summed E-state index contributed by atoms with van der Waals surface area (Å²) in [5.41, 5.74) is 4.80. The number of amides is 1. The topological polar surface area (TPSA) is 130 Å². The van der Waals surface area contributed by atoms with E-state index in [0.717, 1.165) is 55.1 Å². The summed E-state index contributed by atoms with van der Waals surface area (Å²) in [5.74, 6) is -0.252. The predicted molar refractivity (Wildman–Crippen MR) is 169 cm³/mol. The van der Waals surface area contributed by atoms with E-state index >= 15 is 0 Å². The zero-order valence-corrected chi connectivity index (χ0v) is 24.7. The van der Waals surface area contributed by atoms with Crippen molar-refractivity contribution in [1.29, 1.82) is 0 Å². The van der Waals surface area contributed by atoms with Gasteiger partial charge in [0.25, 0.3) is 11.6 Å². The van der Waals surface area contributed by atoms with Gasteiger partial charge >= 0.3 is 0 Å². The molecule has 2 fully saturated rings. The molecule has 1 aromatic heterocycles. The Hall–Kier alpha value is -4.68. The number of nitro groups is 1. The monoisotopic (exact) mass is 609 g/mol. The molecule has 2 aliphatic heterocycles. The maximum Gasteiger partial charge on any atom is 0.269 e. The van der Waals surface area contributed by atoms with Gasteiger partial charge < -0.3 is 24.8 Å². The van der Waals surface area contributed by atoms with E-state index < -0.39 is 6.29 Å². The van der Waals surface area contributed by atoms with Crippen LogP contribution in [0.3, 0.4) is 0 Å². The van der Waals surface area contributed by atoms with Crippen LogP contribution in [0.2, 0.25) is 0 Å². The van der Waals surface area contributed by atoms with Gasteiger partial charge in [-0.25, -0.2) is 0 Å². The average molecular weight is 610 g/mol. The second-order valence-corrected chi connectivity index (χ2v) is 11.2. The lowest BCUT2D eigenvalue weighted by atomic mass is 9.99. The minimum Gasteiger partial charge on any atom is -0.392 e. The number of non-ortho nitro benzene ring substituents is 1. The Kier molecular flexibility index (Phi) is 9.41. The lowest BCUT2D eigenvalue weighted by Gasteiger charge is -2.41. The maximum absolute atomic E-state index is 12.8. The zero-order chi connectivity index (χ0) is 31.2. The van der Waals surface area contributed by atoms with E-state index in [2.05, 4.69) is 20.1 Å². The van der Waals surface area contributed by atoms with Gasteiger partial charge in [-0.15, -0.1) is 0 Å². The quantitative estimate of drug-likeness (QED) is 0.197. The van der Waals surface area contributed by atoms with Crippen LogP contribution in [-0.4, -0.2) is 64.6 Å². The second-order valence-electron chi connectivity index (χ2n) is 11.2. The number of ether oxygens (including phenoxy) is 2. The van der Waals surface area contributed by atoms with E-state index in [1.165, 1.54) is 6.20 Å². The van der Waals surface area contributed by atoms with Crippen molar-refractivity contribution in [2.75, 3.05) is 42.9 Å². The second kappa shape index (κ2) is 14.0. The first-order valence-electron chi connectivity index (χ1n) is 15.0. The lowest BCUT2D eigenvalue weighted by molar-refractivity contribution is -0.384. The number of piperazine rings is 1. The SMILES string of the molecule is O=C(Nc1cccc([C@@H]2O[C@H](CN3CCN(c4ccc([N+](=O)[O-])cc4)CC3)C[C@H](c3ccc(CO)cc3)O2)c1)c1cccnc1. The Balaban J connectivity index is 1.15. The molecule has 3 aromatic carbocycles. The van der Waals surface area contributed by atoms with Crippen molar-refractivity contribution >= 4 is 23.0 Å². The summed E-state index contributed by atoms with van der Waals surface area (Å²) in [6, 6.07) is 25.4. The Labute approximate surface area is 261 Å². The fraction of sp³-hybridized carbons (Fsp3) is 0.294. The standard InChI is InChI=1S/C34H35N5O6/c40-23-24-6-8-25(9-7-24)32-20-31(22-37-15-17-38(18-16-37)29-10-12-30(13-11-29)39(42)43)44-34(45-32)26-3-1-5-28(19-26)36-33(41)27-4-2-14-35-21-27/h1-14,19,21,31-32,34,40H,15-18,20,22-23H2,(H,36,41)/t31-,32+,34+/m0/s1. The summed E-state index contributed by atoms with van der Waals surface area (Å²) in [4.78, 5) is 32.0. The number of aliphatic hydroxyl groups excluding tert-OH is 1. The smallest absolute Gasteiger partial charge is 0.269 e. The van der Waals surface area contributed by atoms with E-state index in [4.69, 9.17) is 9.47 Å². The third kappa shape index (κ3) is 7.52. The highest BCUT2D eigenvalue weighted by Gasteiger charge is 2.34. The van der Waals surface area contributed by atoms with Crippen molar-refractivity contribution in [1.82, 2.24) is 9.88 Å². The Bertz CT molecular complexity index is 1590. The highest BCUT2D eigenvalue weighted by Crippen LogP contribution is 2.39. The third-order valence-electron chi connectivity index (χ3n) is 8.22. The highest BCUT2D eigenvalue weighted by molar-refractivity contribution is 6.04. The largest absolute Gasteiger partial charge is 0.392 e. The number of carbonyl (C=O) groups is 1. The zero-order valence-electron chi connectivity index (χ0n) is 24.7. The van der Waals surface area contributed by atoms with E-state index in [0.29, 0.717) is 17.7 Å². The molecule has 0 spiro atoms. The van der Waals surface area contributed by atoms with Crippen LogP contribution in [0.4, 0.5) is 17.1 Å². The van der Waals surface area contributed by atoms with E-state index in [1.807, 2.05) is 48.5 Å². The molecule has 0 radical (unpaired) electrons. The number of carbonyl (C=O) groups excluding carboxylic acids is 1.